The number of nitrogens with zero attached hydrogens (tertiary/aromatic N) is 3. The van der Waals surface area contributed by atoms with Crippen LogP contribution in [-0.2, 0) is 19.1 Å². The predicted octanol–water partition coefficient (Wildman–Crippen LogP) is 3.89. The van der Waals surface area contributed by atoms with Gasteiger partial charge in [-0.15, -0.1) is 0 Å². The van der Waals surface area contributed by atoms with Crippen LogP contribution in [0.25, 0.3) is 17.1 Å². The van der Waals surface area contributed by atoms with Gasteiger partial charge in [-0.2, -0.15) is 0 Å². The Labute approximate surface area is 239 Å². The van der Waals surface area contributed by atoms with E-state index < -0.39 is 41.6 Å². The highest BCUT2D eigenvalue weighted by molar-refractivity contribution is 5.91. The van der Waals surface area contributed by atoms with Crippen molar-refractivity contribution in [3.8, 4) is 11.6 Å². The number of ether oxygens (including phenoxy) is 4. The second-order valence-electron chi connectivity index (χ2n) is 12.0. The minimum atomic E-state index is -0.927. The number of allylic oxidation sites excluding steroid dienone is 1. The van der Waals surface area contributed by atoms with E-state index in [1.54, 1.807) is 13.2 Å². The quantitative estimate of drug-likeness (QED) is 0.538. The number of amides is 2. The Balaban J connectivity index is 1.51. The predicted molar refractivity (Wildman–Crippen MR) is 150 cm³/mol. The minimum Gasteiger partial charge on any atom is -0.497 e. The number of nitrogens with one attached hydrogen (secondary N) is 1. The summed E-state index contributed by atoms with van der Waals surface area (Å²) in [7, 11) is 2.87. The van der Waals surface area contributed by atoms with Crippen LogP contribution in [0.1, 0.15) is 58.6 Å². The molecule has 11 heteroatoms. The SMILES string of the molecule is COC(=O)[C@@H]1C[C@@H]2CN1C(=O)[C@H](C(C)(C)C)NC(=O)O[C@@H]1CC1CCC/C=C/c1nc3ccc(OC)cc3nc1O2. The highest BCUT2D eigenvalue weighted by Gasteiger charge is 2.47. The van der Waals surface area contributed by atoms with E-state index in [1.807, 2.05) is 45.1 Å². The Morgan fingerprint density at radius 2 is 1.90 bits per heavy atom. The Bertz CT molecular complexity index is 1350. The molecule has 2 bridgehead atoms. The second-order valence-corrected chi connectivity index (χ2v) is 12.0. The Morgan fingerprint density at radius 1 is 1.10 bits per heavy atom. The topological polar surface area (TPSA) is 129 Å². The van der Waals surface area contributed by atoms with Crippen molar-refractivity contribution in [2.24, 2.45) is 11.3 Å². The second kappa shape index (κ2) is 11.5. The zero-order valence-electron chi connectivity index (χ0n) is 24.2. The molecule has 220 valence electrons. The van der Waals surface area contributed by atoms with Crippen molar-refractivity contribution < 1.29 is 33.3 Å². The number of esters is 1. The number of benzene rings is 1. The summed E-state index contributed by atoms with van der Waals surface area (Å²) in [5, 5.41) is 2.78. The third-order valence-electron chi connectivity index (χ3n) is 7.87. The van der Waals surface area contributed by atoms with E-state index in [9.17, 15) is 14.4 Å². The van der Waals surface area contributed by atoms with Gasteiger partial charge in [0.05, 0.1) is 31.8 Å². The van der Waals surface area contributed by atoms with Gasteiger partial charge in [-0.25, -0.2) is 19.6 Å². The number of fused-ring (bicyclic) bond motifs is 5. The maximum absolute atomic E-state index is 13.9. The van der Waals surface area contributed by atoms with Crippen molar-refractivity contribution in [3.05, 3.63) is 30.0 Å². The van der Waals surface area contributed by atoms with Crippen molar-refractivity contribution >= 4 is 35.1 Å². The van der Waals surface area contributed by atoms with Gasteiger partial charge in [0, 0.05) is 12.5 Å². The summed E-state index contributed by atoms with van der Waals surface area (Å²) in [6.07, 6.45) is 6.27. The lowest BCUT2D eigenvalue weighted by Gasteiger charge is -2.34. The number of hydrogen-bond donors (Lipinski definition) is 1. The molecule has 11 nitrogen and oxygen atoms in total. The number of hydrogen-bond acceptors (Lipinski definition) is 9. The molecule has 5 atom stereocenters. The van der Waals surface area contributed by atoms with Gasteiger partial charge >= 0.3 is 12.1 Å². The zero-order chi connectivity index (χ0) is 29.3. The van der Waals surface area contributed by atoms with Crippen molar-refractivity contribution in [1.82, 2.24) is 20.2 Å². The van der Waals surface area contributed by atoms with Crippen LogP contribution in [0.2, 0.25) is 0 Å². The Kier molecular flexibility index (Phi) is 8.06. The summed E-state index contributed by atoms with van der Waals surface area (Å²) in [5.74, 6) is 0.291. The first-order chi connectivity index (χ1) is 19.6. The molecule has 1 aromatic carbocycles. The van der Waals surface area contributed by atoms with Crippen molar-refractivity contribution in [1.29, 1.82) is 0 Å². The molecule has 1 N–H and O–H groups in total. The molecule has 0 radical (unpaired) electrons. The van der Waals surface area contributed by atoms with Crippen LogP contribution < -0.4 is 14.8 Å². The first kappa shape index (κ1) is 28.6. The molecular weight excluding hydrogens is 528 g/mol. The molecule has 2 fully saturated rings. The molecule has 2 aromatic rings. The van der Waals surface area contributed by atoms with E-state index in [2.05, 4.69) is 5.32 Å². The highest BCUT2D eigenvalue weighted by Crippen LogP contribution is 2.38. The van der Waals surface area contributed by atoms with Gasteiger partial charge in [0.1, 0.15) is 35.7 Å². The maximum Gasteiger partial charge on any atom is 0.408 e. The number of methoxy groups -OCH3 is 2. The summed E-state index contributed by atoms with van der Waals surface area (Å²) in [6, 6.07) is 3.65. The molecule has 0 spiro atoms. The normalized spacial score (nSPS) is 27.7. The number of carbonyl (C=O) groups excluding carboxylic acids is 3. The van der Waals surface area contributed by atoms with Gasteiger partial charge in [0.25, 0.3) is 0 Å². The standard InChI is InChI=1S/C30H38N4O7/c1-30(2,3)25-27(35)34-16-19(15-23(34)28(36)39-5)40-26-21(31-20-12-11-18(38-4)14-22(20)32-26)10-8-6-7-9-17-13-24(17)41-29(37)33-25/h8,10-12,14,17,19,23-25H,6-7,9,13,15-16H2,1-5H3,(H,33,37)/b10-8+/t17?,19-,23+,24-,25-/m1/s1. The van der Waals surface area contributed by atoms with Crippen LogP contribution in [-0.4, -0.2) is 77.9 Å². The first-order valence-corrected chi connectivity index (χ1v) is 14.1. The van der Waals surface area contributed by atoms with Crippen LogP contribution in [0.5, 0.6) is 11.6 Å². The van der Waals surface area contributed by atoms with Gasteiger partial charge in [-0.3, -0.25) is 4.79 Å². The highest BCUT2D eigenvalue weighted by atomic mass is 16.6. The largest absolute Gasteiger partial charge is 0.497 e. The van der Waals surface area contributed by atoms with E-state index in [1.165, 1.54) is 12.0 Å². The van der Waals surface area contributed by atoms with Crippen LogP contribution >= 0.6 is 0 Å². The fourth-order valence-electron chi connectivity index (χ4n) is 5.46. The van der Waals surface area contributed by atoms with Gasteiger partial charge in [-0.05, 0) is 55.2 Å². The lowest BCUT2D eigenvalue weighted by molar-refractivity contribution is -0.152. The summed E-state index contributed by atoms with van der Waals surface area (Å²) < 4.78 is 22.4. The minimum absolute atomic E-state index is 0.105. The van der Waals surface area contributed by atoms with Crippen LogP contribution in [0, 0.1) is 11.3 Å². The van der Waals surface area contributed by atoms with Crippen LogP contribution in [0.4, 0.5) is 4.79 Å². The van der Waals surface area contributed by atoms with Gasteiger partial charge in [0.15, 0.2) is 0 Å². The third-order valence-corrected chi connectivity index (χ3v) is 7.87. The third kappa shape index (κ3) is 6.39. The van der Waals surface area contributed by atoms with Gasteiger partial charge < -0.3 is 29.2 Å². The molecule has 1 unspecified atom stereocenters. The number of carbonyl (C=O) groups is 3. The molecule has 1 aliphatic carbocycles. The molecule has 1 aromatic heterocycles. The average molecular weight is 567 g/mol. The lowest BCUT2D eigenvalue weighted by Crippen LogP contribution is -2.57. The summed E-state index contributed by atoms with van der Waals surface area (Å²) in [6.45, 7) is 5.68. The fourth-order valence-corrected chi connectivity index (χ4v) is 5.46. The molecule has 1 saturated heterocycles. The molecular formula is C30H38N4O7. The number of aromatic nitrogens is 2. The molecule has 3 heterocycles. The summed E-state index contributed by atoms with van der Waals surface area (Å²) >= 11 is 0. The summed E-state index contributed by atoms with van der Waals surface area (Å²) in [4.78, 5) is 50.6. The van der Waals surface area contributed by atoms with Gasteiger partial charge in [-0.1, -0.05) is 26.8 Å². The smallest absolute Gasteiger partial charge is 0.408 e. The van der Waals surface area contributed by atoms with Crippen LogP contribution in [0.15, 0.2) is 24.3 Å². The summed E-state index contributed by atoms with van der Waals surface area (Å²) in [5.41, 5.74) is 1.21. The monoisotopic (exact) mass is 566 g/mol. The average Bonchev–Trinajstić information content (AvgIpc) is 3.53. The molecule has 41 heavy (non-hydrogen) atoms. The van der Waals surface area contributed by atoms with Crippen molar-refractivity contribution in [2.75, 3.05) is 20.8 Å². The molecule has 2 amide bonds. The van der Waals surface area contributed by atoms with E-state index in [4.69, 9.17) is 28.9 Å². The van der Waals surface area contributed by atoms with Crippen LogP contribution in [0.3, 0.4) is 0 Å². The first-order valence-electron chi connectivity index (χ1n) is 14.1. The lowest BCUT2D eigenvalue weighted by atomic mass is 9.85. The maximum atomic E-state index is 13.9. The van der Waals surface area contributed by atoms with Gasteiger partial charge in [0.2, 0.25) is 11.8 Å². The number of alkyl carbamates (subject to hydrolysis) is 1. The molecule has 3 aliphatic rings. The van der Waals surface area contributed by atoms with Crippen molar-refractivity contribution in [3.63, 3.8) is 0 Å². The zero-order valence-corrected chi connectivity index (χ0v) is 24.2. The Hall–Kier alpha value is -3.89. The fraction of sp³-hybridized carbons (Fsp3) is 0.567. The Morgan fingerprint density at radius 3 is 2.63 bits per heavy atom. The van der Waals surface area contributed by atoms with Crippen molar-refractivity contribution in [2.45, 2.75) is 77.2 Å². The molecule has 2 aliphatic heterocycles. The number of rotatable bonds is 2. The van der Waals surface area contributed by atoms with E-state index in [0.29, 0.717) is 34.3 Å². The van der Waals surface area contributed by atoms with E-state index in [0.717, 1.165) is 25.7 Å². The molecule has 5 rings (SSSR count). The molecule has 1 saturated carbocycles. The van der Waals surface area contributed by atoms with E-state index in [-0.39, 0.29) is 19.1 Å². The van der Waals surface area contributed by atoms with E-state index >= 15 is 0 Å².